The van der Waals surface area contributed by atoms with E-state index in [9.17, 15) is 30.3 Å². The number of rotatable bonds is 45. The van der Waals surface area contributed by atoms with Gasteiger partial charge in [-0.3, -0.25) is 4.79 Å². The van der Waals surface area contributed by atoms with E-state index in [1.165, 1.54) is 186 Å². The molecule has 0 bridgehead atoms. The van der Waals surface area contributed by atoms with E-state index in [2.05, 4.69) is 43.5 Å². The minimum absolute atomic E-state index is 0.187. The number of carbonyl (C=O) groups is 1. The molecule has 0 aromatic heterocycles. The molecule has 1 fully saturated rings. The highest BCUT2D eigenvalue weighted by Gasteiger charge is 2.44. The van der Waals surface area contributed by atoms with E-state index in [4.69, 9.17) is 9.47 Å². The van der Waals surface area contributed by atoms with Gasteiger partial charge in [-0.15, -0.1) is 0 Å². The molecule has 0 aliphatic carbocycles. The van der Waals surface area contributed by atoms with Gasteiger partial charge in [0.15, 0.2) is 6.29 Å². The second-order valence-corrected chi connectivity index (χ2v) is 18.7. The van der Waals surface area contributed by atoms with Gasteiger partial charge in [0.1, 0.15) is 24.4 Å². The molecule has 1 aliphatic heterocycles. The molecule has 9 nitrogen and oxygen atoms in total. The smallest absolute Gasteiger partial charge is 0.220 e. The van der Waals surface area contributed by atoms with E-state index in [-0.39, 0.29) is 12.5 Å². The van der Waals surface area contributed by atoms with Crippen LogP contribution in [0.15, 0.2) is 36.5 Å². The molecule has 370 valence electrons. The van der Waals surface area contributed by atoms with Gasteiger partial charge in [-0.25, -0.2) is 0 Å². The molecule has 1 saturated heterocycles. The summed E-state index contributed by atoms with van der Waals surface area (Å²) in [6.45, 7) is 3.76. The maximum absolute atomic E-state index is 13.0. The summed E-state index contributed by atoms with van der Waals surface area (Å²) < 4.78 is 11.2. The minimum Gasteiger partial charge on any atom is -0.394 e. The molecular weight excluding hydrogens is 791 g/mol. The molecule has 6 N–H and O–H groups in total. The first-order valence-corrected chi connectivity index (χ1v) is 26.7. The number of carbonyl (C=O) groups excluding carboxylic acids is 1. The highest BCUT2D eigenvalue weighted by molar-refractivity contribution is 5.76. The van der Waals surface area contributed by atoms with Gasteiger partial charge >= 0.3 is 0 Å². The molecule has 1 rings (SSSR count). The molecule has 0 saturated carbocycles. The van der Waals surface area contributed by atoms with Crippen LogP contribution in [0.3, 0.4) is 0 Å². The van der Waals surface area contributed by atoms with Crippen LogP contribution in [0.2, 0.25) is 0 Å². The number of hydrogen-bond acceptors (Lipinski definition) is 8. The summed E-state index contributed by atoms with van der Waals surface area (Å²) in [7, 11) is 0. The summed E-state index contributed by atoms with van der Waals surface area (Å²) >= 11 is 0. The van der Waals surface area contributed by atoms with Crippen LogP contribution in [0.25, 0.3) is 0 Å². The zero-order valence-electron chi connectivity index (χ0n) is 40.8. The number of ether oxygens (including phenoxy) is 2. The van der Waals surface area contributed by atoms with Crippen LogP contribution in [-0.4, -0.2) is 87.5 Å². The minimum atomic E-state index is -1.57. The van der Waals surface area contributed by atoms with Crippen LogP contribution in [0.1, 0.15) is 245 Å². The Morgan fingerprint density at radius 2 is 0.905 bits per heavy atom. The highest BCUT2D eigenvalue weighted by Crippen LogP contribution is 2.23. The molecule has 7 atom stereocenters. The third-order valence-corrected chi connectivity index (χ3v) is 12.7. The maximum Gasteiger partial charge on any atom is 0.220 e. The number of allylic oxidation sites excluding steroid dienone is 5. The SMILES string of the molecule is CCCCCCCCC/C=C/CC/C=C/C(O)C(COC1OC(CO)C(O)C(O)C1O)NC(=O)CCCCCCCCCCCCC/C=C\CCCCCCCCCCCCCC. The molecule has 0 spiro atoms. The standard InChI is InChI=1S/C54H101NO8/c1-3-5-7-9-11-13-15-17-18-19-20-21-22-23-24-25-26-27-28-29-30-32-34-36-38-40-42-44-50(58)55-47(46-62-54-53(61)52(60)51(59)49(45-56)63-54)48(57)43-41-39-37-35-33-31-16-14-12-10-8-6-4-2/h23-24,33,35,41,43,47-49,51-54,56-57,59-61H,3-22,25-32,34,36-40,42,44-46H2,1-2H3,(H,55,58)/b24-23-,35-33+,43-41+. The summed E-state index contributed by atoms with van der Waals surface area (Å²) in [6, 6.07) is -0.820. The number of hydrogen-bond donors (Lipinski definition) is 6. The summed E-state index contributed by atoms with van der Waals surface area (Å²) in [4.78, 5) is 13.0. The molecule has 0 radical (unpaired) electrons. The van der Waals surface area contributed by atoms with Gasteiger partial charge in [0, 0.05) is 6.42 Å². The fourth-order valence-corrected chi connectivity index (χ4v) is 8.40. The van der Waals surface area contributed by atoms with Crippen molar-refractivity contribution in [2.24, 2.45) is 0 Å². The van der Waals surface area contributed by atoms with E-state index in [1.807, 2.05) is 6.08 Å². The first kappa shape index (κ1) is 59.4. The van der Waals surface area contributed by atoms with Gasteiger partial charge < -0.3 is 40.3 Å². The van der Waals surface area contributed by atoms with Gasteiger partial charge in [-0.2, -0.15) is 0 Å². The molecule has 63 heavy (non-hydrogen) atoms. The van der Waals surface area contributed by atoms with Crippen molar-refractivity contribution in [1.82, 2.24) is 5.32 Å². The van der Waals surface area contributed by atoms with Gasteiger partial charge in [-0.1, -0.05) is 217 Å². The summed E-state index contributed by atoms with van der Waals surface area (Å²) in [5.41, 5.74) is 0. The van der Waals surface area contributed by atoms with Crippen molar-refractivity contribution in [2.45, 2.75) is 288 Å². The normalized spacial score (nSPS) is 20.4. The lowest BCUT2D eigenvalue weighted by Gasteiger charge is -2.40. The number of aliphatic hydroxyl groups is 5. The predicted octanol–water partition coefficient (Wildman–Crippen LogP) is 12.4. The van der Waals surface area contributed by atoms with Crippen molar-refractivity contribution in [3.8, 4) is 0 Å². The second kappa shape index (κ2) is 44.3. The Morgan fingerprint density at radius 3 is 1.33 bits per heavy atom. The maximum atomic E-state index is 13.0. The lowest BCUT2D eigenvalue weighted by molar-refractivity contribution is -0.302. The largest absolute Gasteiger partial charge is 0.394 e. The Morgan fingerprint density at radius 1 is 0.524 bits per heavy atom. The van der Waals surface area contributed by atoms with Crippen molar-refractivity contribution >= 4 is 5.91 Å². The van der Waals surface area contributed by atoms with E-state index in [0.717, 1.165) is 38.5 Å². The van der Waals surface area contributed by atoms with Crippen LogP contribution in [0.5, 0.6) is 0 Å². The third kappa shape index (κ3) is 34.4. The van der Waals surface area contributed by atoms with Crippen molar-refractivity contribution in [3.63, 3.8) is 0 Å². The van der Waals surface area contributed by atoms with Crippen molar-refractivity contribution in [2.75, 3.05) is 13.2 Å². The molecule has 0 aromatic rings. The summed E-state index contributed by atoms with van der Waals surface area (Å²) in [5.74, 6) is -0.187. The summed E-state index contributed by atoms with van der Waals surface area (Å²) in [6.07, 6.45) is 49.3. The molecule has 7 unspecified atom stereocenters. The van der Waals surface area contributed by atoms with E-state index >= 15 is 0 Å². The topological polar surface area (TPSA) is 149 Å². The van der Waals surface area contributed by atoms with Gasteiger partial charge in [0.25, 0.3) is 0 Å². The van der Waals surface area contributed by atoms with Crippen LogP contribution in [0.4, 0.5) is 0 Å². The number of unbranched alkanes of at least 4 members (excludes halogenated alkanes) is 31. The zero-order valence-corrected chi connectivity index (χ0v) is 40.8. The number of amides is 1. The summed E-state index contributed by atoms with van der Waals surface area (Å²) in [5, 5.41) is 54.3. The first-order chi connectivity index (χ1) is 30.8. The van der Waals surface area contributed by atoms with Gasteiger partial charge in [-0.05, 0) is 57.8 Å². The van der Waals surface area contributed by atoms with E-state index < -0.39 is 49.5 Å². The van der Waals surface area contributed by atoms with Crippen molar-refractivity contribution < 1.29 is 39.8 Å². The first-order valence-electron chi connectivity index (χ1n) is 26.7. The Balaban J connectivity index is 2.21. The van der Waals surface area contributed by atoms with Gasteiger partial charge in [0.2, 0.25) is 5.91 Å². The Bertz CT molecular complexity index is 1080. The quantitative estimate of drug-likeness (QED) is 0.0261. The fourth-order valence-electron chi connectivity index (χ4n) is 8.40. The number of nitrogens with one attached hydrogen (secondary N) is 1. The van der Waals surface area contributed by atoms with E-state index in [1.54, 1.807) is 6.08 Å². The molecule has 1 amide bonds. The van der Waals surface area contributed by atoms with Crippen molar-refractivity contribution in [3.05, 3.63) is 36.5 Å². The molecule has 0 aromatic carbocycles. The molecule has 1 heterocycles. The Kier molecular flexibility index (Phi) is 41.7. The van der Waals surface area contributed by atoms with Crippen LogP contribution in [-0.2, 0) is 14.3 Å². The third-order valence-electron chi connectivity index (χ3n) is 12.7. The lowest BCUT2D eigenvalue weighted by Crippen LogP contribution is -2.60. The second-order valence-electron chi connectivity index (χ2n) is 18.7. The Hall–Kier alpha value is -1.59. The van der Waals surface area contributed by atoms with Crippen LogP contribution >= 0.6 is 0 Å². The highest BCUT2D eigenvalue weighted by atomic mass is 16.7. The van der Waals surface area contributed by atoms with E-state index in [0.29, 0.717) is 6.42 Å². The fraction of sp³-hybridized carbons (Fsp3) is 0.870. The monoisotopic (exact) mass is 892 g/mol. The van der Waals surface area contributed by atoms with Crippen LogP contribution < -0.4 is 5.32 Å². The molecule has 9 heteroatoms. The average molecular weight is 892 g/mol. The lowest BCUT2D eigenvalue weighted by atomic mass is 9.99. The van der Waals surface area contributed by atoms with Crippen LogP contribution in [0, 0.1) is 0 Å². The van der Waals surface area contributed by atoms with Gasteiger partial charge in [0.05, 0.1) is 25.4 Å². The Labute approximate surface area is 387 Å². The molecular formula is C54H101NO8. The number of aliphatic hydroxyl groups excluding tert-OH is 5. The predicted molar refractivity (Wildman–Crippen MR) is 263 cm³/mol. The zero-order chi connectivity index (χ0) is 45.9. The van der Waals surface area contributed by atoms with Crippen molar-refractivity contribution in [1.29, 1.82) is 0 Å². The average Bonchev–Trinajstić information content (AvgIpc) is 3.28. The molecule has 1 aliphatic rings.